The van der Waals surface area contributed by atoms with Crippen molar-refractivity contribution in [3.63, 3.8) is 0 Å². The number of anilines is 2. The molecule has 1 aromatic rings. The highest BCUT2D eigenvalue weighted by atomic mass is 16.5. The molecule has 1 fully saturated rings. The van der Waals surface area contributed by atoms with E-state index in [9.17, 15) is 9.90 Å². The Morgan fingerprint density at radius 2 is 2.20 bits per heavy atom. The number of fused-ring (bicyclic) bond motifs is 1. The molecule has 0 aromatic heterocycles. The summed E-state index contributed by atoms with van der Waals surface area (Å²) in [5, 5.41) is 15.9. The van der Waals surface area contributed by atoms with Crippen LogP contribution in [0.5, 0.6) is 0 Å². The van der Waals surface area contributed by atoms with Crippen molar-refractivity contribution in [2.75, 3.05) is 43.5 Å². The maximum Gasteiger partial charge on any atom is 0.247 e. The molecule has 2 aliphatic rings. The third-order valence-electron chi connectivity index (χ3n) is 3.77. The van der Waals surface area contributed by atoms with Gasteiger partial charge in [0.1, 0.15) is 6.04 Å². The minimum atomic E-state index is -0.308. The van der Waals surface area contributed by atoms with E-state index < -0.39 is 0 Å². The van der Waals surface area contributed by atoms with Crippen molar-refractivity contribution in [3.8, 4) is 0 Å². The van der Waals surface area contributed by atoms with Crippen LogP contribution in [0.3, 0.4) is 0 Å². The summed E-state index contributed by atoms with van der Waals surface area (Å²) in [6.45, 7) is 1.94. The monoisotopic (exact) mass is 277 g/mol. The van der Waals surface area contributed by atoms with E-state index in [0.29, 0.717) is 26.3 Å². The van der Waals surface area contributed by atoms with Crippen LogP contribution in [0.1, 0.15) is 0 Å². The largest absolute Gasteiger partial charge is 0.394 e. The van der Waals surface area contributed by atoms with Gasteiger partial charge in [0.05, 0.1) is 37.2 Å². The highest BCUT2D eigenvalue weighted by molar-refractivity contribution is 5.89. The molecule has 1 amide bonds. The van der Waals surface area contributed by atoms with Crippen LogP contribution < -0.4 is 10.6 Å². The molecule has 0 saturated carbocycles. The number of carbonyl (C=O) groups excluding carboxylic acids is 1. The molecule has 2 atom stereocenters. The Kier molecular flexibility index (Phi) is 3.75. The Hall–Kier alpha value is -1.79. The summed E-state index contributed by atoms with van der Waals surface area (Å²) in [4.78, 5) is 14.3. The minimum absolute atomic E-state index is 0.00866. The molecule has 0 radical (unpaired) electrons. The van der Waals surface area contributed by atoms with E-state index >= 15 is 0 Å². The van der Waals surface area contributed by atoms with Crippen molar-refractivity contribution < 1.29 is 14.6 Å². The lowest BCUT2D eigenvalue weighted by Crippen LogP contribution is -2.56. The van der Waals surface area contributed by atoms with Crippen LogP contribution in [-0.2, 0) is 9.53 Å². The SMILES string of the molecule is O=C(C1CNc2ccccc2N1)N1CCOCC1CO. The van der Waals surface area contributed by atoms with E-state index in [1.54, 1.807) is 4.90 Å². The average molecular weight is 277 g/mol. The van der Waals surface area contributed by atoms with Gasteiger partial charge in [-0.3, -0.25) is 4.79 Å². The lowest BCUT2D eigenvalue weighted by molar-refractivity contribution is -0.142. The highest BCUT2D eigenvalue weighted by Crippen LogP contribution is 2.26. The number of aliphatic hydroxyl groups is 1. The number of ether oxygens (including phenoxy) is 1. The van der Waals surface area contributed by atoms with E-state index in [0.717, 1.165) is 11.4 Å². The Balaban J connectivity index is 1.72. The first-order valence-electron chi connectivity index (χ1n) is 6.88. The van der Waals surface area contributed by atoms with Crippen molar-refractivity contribution in [1.82, 2.24) is 4.90 Å². The van der Waals surface area contributed by atoms with Gasteiger partial charge in [-0.2, -0.15) is 0 Å². The normalized spacial score (nSPS) is 25.4. The molecule has 20 heavy (non-hydrogen) atoms. The molecule has 6 heteroatoms. The van der Waals surface area contributed by atoms with Crippen LogP contribution in [-0.4, -0.2) is 60.9 Å². The van der Waals surface area contributed by atoms with Gasteiger partial charge >= 0.3 is 0 Å². The summed E-state index contributed by atoms with van der Waals surface area (Å²) in [6.07, 6.45) is 0. The first-order valence-corrected chi connectivity index (χ1v) is 6.88. The Morgan fingerprint density at radius 3 is 3.00 bits per heavy atom. The van der Waals surface area contributed by atoms with Crippen LogP contribution >= 0.6 is 0 Å². The lowest BCUT2D eigenvalue weighted by atomic mass is 10.1. The molecular formula is C14H19N3O3. The van der Waals surface area contributed by atoms with Gasteiger partial charge in [0.25, 0.3) is 0 Å². The average Bonchev–Trinajstić information content (AvgIpc) is 2.53. The standard InChI is InChI=1S/C14H19N3O3/c18-8-10-9-20-6-5-17(10)14(19)13-7-15-11-3-1-2-4-12(11)16-13/h1-4,10,13,15-16,18H,5-9H2. The second kappa shape index (κ2) is 5.68. The van der Waals surface area contributed by atoms with Crippen molar-refractivity contribution in [2.45, 2.75) is 12.1 Å². The Labute approximate surface area is 117 Å². The number of para-hydroxylation sites is 2. The fourth-order valence-electron chi connectivity index (χ4n) is 2.66. The number of carbonyl (C=O) groups is 1. The number of nitrogens with zero attached hydrogens (tertiary/aromatic N) is 1. The number of amides is 1. The molecule has 2 aliphatic heterocycles. The van der Waals surface area contributed by atoms with Gasteiger partial charge in [-0.25, -0.2) is 0 Å². The zero-order valence-corrected chi connectivity index (χ0v) is 11.2. The first-order chi connectivity index (χ1) is 9.79. The third kappa shape index (κ3) is 2.44. The predicted octanol–water partition coefficient (Wildman–Crippen LogP) is 0.112. The quantitative estimate of drug-likeness (QED) is 0.715. The van der Waals surface area contributed by atoms with E-state index in [1.807, 2.05) is 24.3 Å². The van der Waals surface area contributed by atoms with Crippen molar-refractivity contribution >= 4 is 17.3 Å². The third-order valence-corrected chi connectivity index (χ3v) is 3.77. The summed E-state index contributed by atoms with van der Waals surface area (Å²) >= 11 is 0. The minimum Gasteiger partial charge on any atom is -0.394 e. The van der Waals surface area contributed by atoms with E-state index in [4.69, 9.17) is 4.74 Å². The maximum atomic E-state index is 12.6. The van der Waals surface area contributed by atoms with Crippen LogP contribution in [0.4, 0.5) is 11.4 Å². The topological polar surface area (TPSA) is 73.8 Å². The molecular weight excluding hydrogens is 258 g/mol. The second-order valence-corrected chi connectivity index (χ2v) is 5.07. The van der Waals surface area contributed by atoms with E-state index in [1.165, 1.54) is 0 Å². The number of hydrogen-bond acceptors (Lipinski definition) is 5. The van der Waals surface area contributed by atoms with Crippen LogP contribution in [0.25, 0.3) is 0 Å². The van der Waals surface area contributed by atoms with Crippen molar-refractivity contribution in [2.24, 2.45) is 0 Å². The zero-order chi connectivity index (χ0) is 13.9. The molecule has 0 bridgehead atoms. The number of rotatable bonds is 2. The van der Waals surface area contributed by atoms with Gasteiger partial charge in [-0.15, -0.1) is 0 Å². The van der Waals surface area contributed by atoms with E-state index in [2.05, 4.69) is 10.6 Å². The van der Waals surface area contributed by atoms with Crippen LogP contribution in [0.15, 0.2) is 24.3 Å². The second-order valence-electron chi connectivity index (χ2n) is 5.07. The van der Waals surface area contributed by atoms with Gasteiger partial charge in [-0.05, 0) is 12.1 Å². The van der Waals surface area contributed by atoms with Gasteiger partial charge in [0, 0.05) is 13.1 Å². The van der Waals surface area contributed by atoms with Gasteiger partial charge < -0.3 is 25.4 Å². The number of nitrogens with one attached hydrogen (secondary N) is 2. The molecule has 0 spiro atoms. The predicted molar refractivity (Wildman–Crippen MR) is 75.7 cm³/mol. The van der Waals surface area contributed by atoms with Gasteiger partial charge in [-0.1, -0.05) is 12.1 Å². The van der Waals surface area contributed by atoms with Crippen molar-refractivity contribution in [3.05, 3.63) is 24.3 Å². The van der Waals surface area contributed by atoms with Crippen LogP contribution in [0.2, 0.25) is 0 Å². The summed E-state index contributed by atoms with van der Waals surface area (Å²) in [7, 11) is 0. The Morgan fingerprint density at radius 1 is 1.40 bits per heavy atom. The van der Waals surface area contributed by atoms with Gasteiger partial charge in [0.2, 0.25) is 5.91 Å². The maximum absolute atomic E-state index is 12.6. The molecule has 2 heterocycles. The number of benzene rings is 1. The molecule has 2 unspecified atom stereocenters. The molecule has 6 nitrogen and oxygen atoms in total. The first kappa shape index (κ1) is 13.2. The number of aliphatic hydroxyl groups excluding tert-OH is 1. The fraction of sp³-hybridized carbons (Fsp3) is 0.500. The molecule has 1 aromatic carbocycles. The summed E-state index contributed by atoms with van der Waals surface area (Å²) < 4.78 is 5.31. The van der Waals surface area contributed by atoms with E-state index in [-0.39, 0.29) is 24.6 Å². The Bertz CT molecular complexity index is 494. The summed E-state index contributed by atoms with van der Waals surface area (Å²) in [6, 6.07) is 7.27. The number of morpholine rings is 1. The molecule has 0 aliphatic carbocycles. The molecule has 1 saturated heterocycles. The lowest BCUT2D eigenvalue weighted by Gasteiger charge is -2.38. The summed E-state index contributed by atoms with van der Waals surface area (Å²) in [5.74, 6) is 0.00866. The van der Waals surface area contributed by atoms with Crippen LogP contribution in [0, 0.1) is 0 Å². The highest BCUT2D eigenvalue weighted by Gasteiger charge is 2.33. The fourth-order valence-corrected chi connectivity index (χ4v) is 2.66. The molecule has 3 rings (SSSR count). The van der Waals surface area contributed by atoms with Crippen molar-refractivity contribution in [1.29, 1.82) is 0 Å². The molecule has 108 valence electrons. The smallest absolute Gasteiger partial charge is 0.247 e. The number of hydrogen-bond donors (Lipinski definition) is 3. The summed E-state index contributed by atoms with van der Waals surface area (Å²) in [5.41, 5.74) is 1.95. The molecule has 3 N–H and O–H groups in total. The van der Waals surface area contributed by atoms with Gasteiger partial charge in [0.15, 0.2) is 0 Å². The zero-order valence-electron chi connectivity index (χ0n) is 11.2.